The molecule has 2 aromatic rings. The Labute approximate surface area is 137 Å². The third-order valence-electron chi connectivity index (χ3n) is 3.25. The Morgan fingerprint density at radius 2 is 1.74 bits per heavy atom. The van der Waals surface area contributed by atoms with Crippen molar-refractivity contribution in [2.75, 3.05) is 13.2 Å². The normalized spacial score (nSPS) is 10.4. The van der Waals surface area contributed by atoms with E-state index in [0.717, 1.165) is 5.56 Å². The maximum atomic E-state index is 12.0. The van der Waals surface area contributed by atoms with Crippen molar-refractivity contribution in [1.29, 1.82) is 0 Å². The lowest BCUT2D eigenvalue weighted by Gasteiger charge is -2.11. The highest BCUT2D eigenvalue weighted by atomic mass is 16.6. The van der Waals surface area contributed by atoms with E-state index in [1.807, 2.05) is 37.3 Å². The van der Waals surface area contributed by atoms with Gasteiger partial charge in [0.2, 0.25) is 0 Å². The Morgan fingerprint density at radius 3 is 2.43 bits per heavy atom. The lowest BCUT2D eigenvalue weighted by molar-refractivity contribution is -0.136. The van der Waals surface area contributed by atoms with Crippen molar-refractivity contribution in [1.82, 2.24) is 0 Å². The van der Waals surface area contributed by atoms with E-state index in [-0.39, 0.29) is 6.61 Å². The Balaban J connectivity index is 1.94. The van der Waals surface area contributed by atoms with Crippen LogP contribution in [0.3, 0.4) is 0 Å². The average molecular weight is 314 g/mol. The Kier molecular flexibility index (Phi) is 6.03. The first-order valence-electron chi connectivity index (χ1n) is 7.75. The smallest absolute Gasteiger partial charge is 0.349 e. The van der Waals surface area contributed by atoms with Crippen LogP contribution in [-0.4, -0.2) is 19.2 Å². The van der Waals surface area contributed by atoms with Crippen molar-refractivity contribution in [2.45, 2.75) is 26.7 Å². The minimum Gasteiger partial charge on any atom is -0.490 e. The highest BCUT2D eigenvalue weighted by Gasteiger charge is 2.11. The van der Waals surface area contributed by atoms with Gasteiger partial charge in [-0.15, -0.1) is 0 Å². The molecule has 0 saturated heterocycles. The molecule has 2 aromatic carbocycles. The summed E-state index contributed by atoms with van der Waals surface area (Å²) in [6.07, 6.45) is 0. The molecule has 0 unspecified atom stereocenters. The molecule has 2 rings (SSSR count). The molecule has 0 amide bonds. The van der Waals surface area contributed by atoms with E-state index in [4.69, 9.17) is 14.2 Å². The van der Waals surface area contributed by atoms with E-state index in [1.165, 1.54) is 0 Å². The zero-order valence-corrected chi connectivity index (χ0v) is 13.7. The molecule has 0 aliphatic carbocycles. The van der Waals surface area contributed by atoms with Crippen LogP contribution in [0.5, 0.6) is 17.2 Å². The number of hydrogen-bond acceptors (Lipinski definition) is 4. The van der Waals surface area contributed by atoms with Crippen LogP contribution in [0.4, 0.5) is 0 Å². The fraction of sp³-hybridized carbons (Fsp3) is 0.316. The largest absolute Gasteiger partial charge is 0.490 e. The van der Waals surface area contributed by atoms with Crippen molar-refractivity contribution in [3.05, 3.63) is 54.1 Å². The molecule has 122 valence electrons. The van der Waals surface area contributed by atoms with E-state index in [1.54, 1.807) is 18.2 Å². The third-order valence-corrected chi connectivity index (χ3v) is 3.25. The number of esters is 1. The predicted molar refractivity (Wildman–Crippen MR) is 89.3 cm³/mol. The fourth-order valence-corrected chi connectivity index (χ4v) is 2.07. The molecular formula is C19H22O4. The molecule has 0 bridgehead atoms. The zero-order valence-electron chi connectivity index (χ0n) is 13.7. The Hall–Kier alpha value is -2.49. The predicted octanol–water partition coefficient (Wildman–Crippen LogP) is 4.19. The Bertz CT molecular complexity index is 649. The molecule has 0 aliphatic heterocycles. The average Bonchev–Trinajstić information content (AvgIpc) is 2.55. The maximum absolute atomic E-state index is 12.0. The van der Waals surface area contributed by atoms with Gasteiger partial charge in [0.05, 0.1) is 6.61 Å². The molecule has 0 radical (unpaired) electrons. The van der Waals surface area contributed by atoms with Gasteiger partial charge >= 0.3 is 5.97 Å². The van der Waals surface area contributed by atoms with Crippen LogP contribution in [0.2, 0.25) is 0 Å². The highest BCUT2D eigenvalue weighted by Crippen LogP contribution is 2.26. The highest BCUT2D eigenvalue weighted by molar-refractivity contribution is 5.74. The monoisotopic (exact) mass is 314 g/mol. The van der Waals surface area contributed by atoms with Gasteiger partial charge in [-0.3, -0.25) is 0 Å². The van der Waals surface area contributed by atoms with Crippen LogP contribution in [0.1, 0.15) is 32.3 Å². The van der Waals surface area contributed by atoms with Crippen molar-refractivity contribution in [3.8, 4) is 17.2 Å². The SMILES string of the molecule is CCOc1ccccc1OC(=O)COc1cccc(C(C)C)c1. The fourth-order valence-electron chi connectivity index (χ4n) is 2.07. The van der Waals surface area contributed by atoms with E-state index in [2.05, 4.69) is 13.8 Å². The van der Waals surface area contributed by atoms with Crippen molar-refractivity contribution in [3.63, 3.8) is 0 Å². The summed E-state index contributed by atoms with van der Waals surface area (Å²) in [7, 11) is 0. The quantitative estimate of drug-likeness (QED) is 0.568. The molecule has 4 heteroatoms. The van der Waals surface area contributed by atoms with Gasteiger partial charge in [-0.25, -0.2) is 4.79 Å². The molecule has 0 heterocycles. The minimum atomic E-state index is -0.466. The second-order valence-corrected chi connectivity index (χ2v) is 5.37. The van der Waals surface area contributed by atoms with Crippen molar-refractivity contribution < 1.29 is 19.0 Å². The molecule has 0 fully saturated rings. The molecule has 0 atom stereocenters. The summed E-state index contributed by atoms with van der Waals surface area (Å²) in [5, 5.41) is 0. The van der Waals surface area contributed by atoms with E-state index < -0.39 is 5.97 Å². The van der Waals surface area contributed by atoms with Gasteiger partial charge in [-0.2, -0.15) is 0 Å². The van der Waals surface area contributed by atoms with Crippen LogP contribution < -0.4 is 14.2 Å². The molecule has 0 N–H and O–H groups in total. The molecule has 0 aliphatic rings. The lowest BCUT2D eigenvalue weighted by Crippen LogP contribution is -2.18. The second-order valence-electron chi connectivity index (χ2n) is 5.37. The molecule has 4 nitrogen and oxygen atoms in total. The number of benzene rings is 2. The lowest BCUT2D eigenvalue weighted by atomic mass is 10.0. The summed E-state index contributed by atoms with van der Waals surface area (Å²) < 4.78 is 16.2. The van der Waals surface area contributed by atoms with Crippen LogP contribution in [0, 0.1) is 0 Å². The summed E-state index contributed by atoms with van der Waals surface area (Å²) in [6.45, 7) is 6.45. The number of carbonyl (C=O) groups is 1. The van der Waals surface area contributed by atoms with Crippen LogP contribution >= 0.6 is 0 Å². The summed E-state index contributed by atoms with van der Waals surface area (Å²) >= 11 is 0. The number of rotatable bonds is 7. The van der Waals surface area contributed by atoms with Crippen LogP contribution in [0.25, 0.3) is 0 Å². The zero-order chi connectivity index (χ0) is 16.7. The van der Waals surface area contributed by atoms with Gasteiger partial charge in [-0.1, -0.05) is 38.1 Å². The second kappa shape index (κ2) is 8.22. The number of para-hydroxylation sites is 2. The first-order chi connectivity index (χ1) is 11.1. The van der Waals surface area contributed by atoms with Crippen LogP contribution in [-0.2, 0) is 4.79 Å². The number of carbonyl (C=O) groups excluding carboxylic acids is 1. The molecule has 0 saturated carbocycles. The summed E-state index contributed by atoms with van der Waals surface area (Å²) in [4.78, 5) is 12.0. The van der Waals surface area contributed by atoms with Gasteiger partial charge in [0.1, 0.15) is 5.75 Å². The van der Waals surface area contributed by atoms with Crippen molar-refractivity contribution in [2.24, 2.45) is 0 Å². The van der Waals surface area contributed by atoms with Gasteiger partial charge in [0, 0.05) is 0 Å². The first-order valence-corrected chi connectivity index (χ1v) is 7.75. The van der Waals surface area contributed by atoms with Crippen LogP contribution in [0.15, 0.2) is 48.5 Å². The van der Waals surface area contributed by atoms with E-state index >= 15 is 0 Å². The standard InChI is InChI=1S/C19H22O4/c1-4-21-17-10-5-6-11-18(17)23-19(20)13-22-16-9-7-8-15(12-16)14(2)3/h5-12,14H,4,13H2,1-3H3. The van der Waals surface area contributed by atoms with Gasteiger partial charge in [0.25, 0.3) is 0 Å². The minimum absolute atomic E-state index is 0.151. The molecule has 0 spiro atoms. The van der Waals surface area contributed by atoms with Gasteiger partial charge in [0.15, 0.2) is 18.1 Å². The summed E-state index contributed by atoms with van der Waals surface area (Å²) in [5.74, 6) is 1.55. The summed E-state index contributed by atoms with van der Waals surface area (Å²) in [6, 6.07) is 14.8. The van der Waals surface area contributed by atoms with E-state index in [0.29, 0.717) is 29.8 Å². The summed E-state index contributed by atoms with van der Waals surface area (Å²) in [5.41, 5.74) is 1.16. The van der Waals surface area contributed by atoms with Gasteiger partial charge in [-0.05, 0) is 42.7 Å². The first kappa shape index (κ1) is 16.9. The number of hydrogen-bond donors (Lipinski definition) is 0. The maximum Gasteiger partial charge on any atom is 0.349 e. The molecule has 0 aromatic heterocycles. The van der Waals surface area contributed by atoms with Gasteiger partial charge < -0.3 is 14.2 Å². The van der Waals surface area contributed by atoms with Crippen molar-refractivity contribution >= 4 is 5.97 Å². The third kappa shape index (κ3) is 5.02. The molecule has 23 heavy (non-hydrogen) atoms. The molecular weight excluding hydrogens is 292 g/mol. The Morgan fingerprint density at radius 1 is 1.00 bits per heavy atom. The number of ether oxygens (including phenoxy) is 3. The van der Waals surface area contributed by atoms with E-state index in [9.17, 15) is 4.79 Å². The topological polar surface area (TPSA) is 44.8 Å².